The molecule has 1 aliphatic heterocycles. The lowest BCUT2D eigenvalue weighted by Crippen LogP contribution is -2.39. The number of ether oxygens (including phenoxy) is 1. The molecule has 1 aliphatic rings. The molecule has 0 fully saturated rings. The summed E-state index contributed by atoms with van der Waals surface area (Å²) >= 11 is 1.31. The van der Waals surface area contributed by atoms with Gasteiger partial charge in [-0.1, -0.05) is 23.5 Å². The van der Waals surface area contributed by atoms with E-state index in [0.717, 1.165) is 29.1 Å². The third-order valence-corrected chi connectivity index (χ3v) is 6.73. The summed E-state index contributed by atoms with van der Waals surface area (Å²) in [5, 5.41) is 4.46. The zero-order valence-electron chi connectivity index (χ0n) is 19.6. The van der Waals surface area contributed by atoms with Crippen LogP contribution in [0.4, 0.5) is 5.69 Å². The quantitative estimate of drug-likeness (QED) is 0.539. The van der Waals surface area contributed by atoms with E-state index in [2.05, 4.69) is 10.1 Å². The summed E-state index contributed by atoms with van der Waals surface area (Å²) in [6, 6.07) is 7.20. The van der Waals surface area contributed by atoms with Crippen LogP contribution in [0.2, 0.25) is 0 Å². The summed E-state index contributed by atoms with van der Waals surface area (Å²) in [6.45, 7) is 6.47. The lowest BCUT2D eigenvalue weighted by atomic mass is 9.95. The van der Waals surface area contributed by atoms with E-state index in [0.29, 0.717) is 20.6 Å². The highest BCUT2D eigenvalue weighted by Crippen LogP contribution is 2.31. The summed E-state index contributed by atoms with van der Waals surface area (Å²) in [4.78, 5) is 33.5. The minimum Gasteiger partial charge on any atom is -0.466 e. The first-order valence-corrected chi connectivity index (χ1v) is 11.5. The van der Waals surface area contributed by atoms with Gasteiger partial charge in [-0.25, -0.2) is 9.79 Å². The van der Waals surface area contributed by atoms with Gasteiger partial charge in [0.1, 0.15) is 0 Å². The molecular formula is C24H27N5O3S. The topological polar surface area (TPSA) is 81.7 Å². The first kappa shape index (κ1) is 22.7. The van der Waals surface area contributed by atoms with Crippen molar-refractivity contribution in [2.75, 3.05) is 26.1 Å². The molecule has 0 amide bonds. The van der Waals surface area contributed by atoms with Crippen molar-refractivity contribution in [2.45, 2.75) is 33.4 Å². The van der Waals surface area contributed by atoms with Gasteiger partial charge in [0.05, 0.1) is 34.6 Å². The number of thiazole rings is 1. The average Bonchev–Trinajstić information content (AvgIpc) is 3.31. The Balaban J connectivity index is 1.94. The zero-order valence-corrected chi connectivity index (χ0v) is 20.4. The van der Waals surface area contributed by atoms with Gasteiger partial charge in [-0.2, -0.15) is 5.10 Å². The van der Waals surface area contributed by atoms with Crippen molar-refractivity contribution in [1.82, 2.24) is 14.3 Å². The molecule has 8 nitrogen and oxygen atoms in total. The molecule has 0 saturated carbocycles. The van der Waals surface area contributed by atoms with Gasteiger partial charge in [-0.15, -0.1) is 0 Å². The maximum absolute atomic E-state index is 13.6. The van der Waals surface area contributed by atoms with E-state index in [4.69, 9.17) is 4.74 Å². The molecule has 9 heteroatoms. The largest absolute Gasteiger partial charge is 0.466 e. The Morgan fingerprint density at radius 3 is 2.52 bits per heavy atom. The van der Waals surface area contributed by atoms with Crippen LogP contribution >= 0.6 is 11.3 Å². The number of carbonyl (C=O) groups is 1. The predicted molar refractivity (Wildman–Crippen MR) is 129 cm³/mol. The zero-order chi connectivity index (χ0) is 23.9. The minimum absolute atomic E-state index is 0.196. The van der Waals surface area contributed by atoms with Crippen LogP contribution in [0.15, 0.2) is 51.5 Å². The summed E-state index contributed by atoms with van der Waals surface area (Å²) in [5.74, 6) is -0.493. The molecule has 0 aliphatic carbocycles. The summed E-state index contributed by atoms with van der Waals surface area (Å²) in [6.07, 6.45) is 3.78. The normalized spacial score (nSPS) is 15.9. The Morgan fingerprint density at radius 1 is 1.24 bits per heavy atom. The number of anilines is 1. The van der Waals surface area contributed by atoms with Crippen molar-refractivity contribution in [3.05, 3.63) is 78.2 Å². The fourth-order valence-electron chi connectivity index (χ4n) is 3.94. The number of methoxy groups -OCH3 is 1. The molecule has 1 aromatic carbocycles. The average molecular weight is 466 g/mol. The van der Waals surface area contributed by atoms with Gasteiger partial charge in [-0.05, 0) is 44.5 Å². The minimum atomic E-state index is -0.619. The fourth-order valence-corrected chi connectivity index (χ4v) is 4.98. The van der Waals surface area contributed by atoms with E-state index < -0.39 is 12.0 Å². The van der Waals surface area contributed by atoms with Crippen molar-refractivity contribution in [3.8, 4) is 0 Å². The van der Waals surface area contributed by atoms with Crippen LogP contribution in [0.5, 0.6) is 0 Å². The second-order valence-electron chi connectivity index (χ2n) is 8.08. The molecule has 172 valence electrons. The lowest BCUT2D eigenvalue weighted by molar-refractivity contribution is -0.136. The van der Waals surface area contributed by atoms with Gasteiger partial charge in [0.15, 0.2) is 4.80 Å². The van der Waals surface area contributed by atoms with E-state index in [1.807, 2.05) is 74.1 Å². The second-order valence-corrected chi connectivity index (χ2v) is 9.09. The monoisotopic (exact) mass is 465 g/mol. The highest BCUT2D eigenvalue weighted by Gasteiger charge is 2.33. The number of hydrogen-bond acceptors (Lipinski definition) is 7. The Hall–Kier alpha value is -3.46. The van der Waals surface area contributed by atoms with Gasteiger partial charge < -0.3 is 9.64 Å². The molecule has 0 radical (unpaired) electrons. The van der Waals surface area contributed by atoms with Crippen molar-refractivity contribution in [2.24, 2.45) is 4.99 Å². The molecule has 33 heavy (non-hydrogen) atoms. The number of rotatable bonds is 5. The van der Waals surface area contributed by atoms with Crippen molar-refractivity contribution in [3.63, 3.8) is 0 Å². The number of hydrogen-bond donors (Lipinski definition) is 0. The number of benzene rings is 1. The number of esters is 1. The van der Waals surface area contributed by atoms with E-state index in [1.165, 1.54) is 18.4 Å². The van der Waals surface area contributed by atoms with Crippen LogP contribution in [0.25, 0.3) is 6.08 Å². The molecule has 0 N–H and O–H groups in total. The molecular weight excluding hydrogens is 438 g/mol. The number of allylic oxidation sites excluding steroid dienone is 1. The Labute approximate surface area is 195 Å². The Bertz CT molecular complexity index is 1420. The van der Waals surface area contributed by atoms with Crippen LogP contribution in [0.1, 0.15) is 36.7 Å². The SMILES string of the molecule is CCn1cc(C=c2sc3n(c2=O)[C@@H](c2ccc(N(C)C)cc2)C(C(=O)OC)=C(C)N=3)c(C)n1. The highest BCUT2D eigenvalue weighted by atomic mass is 32.1. The maximum Gasteiger partial charge on any atom is 0.338 e. The van der Waals surface area contributed by atoms with Crippen LogP contribution < -0.4 is 19.8 Å². The van der Waals surface area contributed by atoms with Crippen LogP contribution in [-0.4, -0.2) is 41.5 Å². The fraction of sp³-hybridized carbons (Fsp3) is 0.333. The van der Waals surface area contributed by atoms with E-state index in [-0.39, 0.29) is 5.56 Å². The Morgan fingerprint density at radius 2 is 1.94 bits per heavy atom. The van der Waals surface area contributed by atoms with Crippen molar-refractivity contribution >= 4 is 29.1 Å². The van der Waals surface area contributed by atoms with Crippen molar-refractivity contribution < 1.29 is 9.53 Å². The number of aryl methyl sites for hydroxylation is 2. The van der Waals surface area contributed by atoms with E-state index >= 15 is 0 Å². The number of fused-ring (bicyclic) bond motifs is 1. The molecule has 2 aromatic heterocycles. The Kier molecular flexibility index (Phi) is 6.07. The highest BCUT2D eigenvalue weighted by molar-refractivity contribution is 7.07. The van der Waals surface area contributed by atoms with Gasteiger partial charge in [0.2, 0.25) is 0 Å². The summed E-state index contributed by atoms with van der Waals surface area (Å²) < 4.78 is 9.05. The molecule has 0 saturated heterocycles. The number of nitrogens with zero attached hydrogens (tertiary/aromatic N) is 5. The lowest BCUT2D eigenvalue weighted by Gasteiger charge is -2.25. The molecule has 0 spiro atoms. The molecule has 3 heterocycles. The predicted octanol–water partition coefficient (Wildman–Crippen LogP) is 2.00. The van der Waals surface area contributed by atoms with Crippen molar-refractivity contribution in [1.29, 1.82) is 0 Å². The second kappa shape index (κ2) is 8.82. The first-order valence-electron chi connectivity index (χ1n) is 10.7. The number of aromatic nitrogens is 3. The smallest absolute Gasteiger partial charge is 0.338 e. The van der Waals surface area contributed by atoms with E-state index in [1.54, 1.807) is 11.5 Å². The van der Waals surface area contributed by atoms with Crippen LogP contribution in [0, 0.1) is 6.92 Å². The van der Waals surface area contributed by atoms with Crippen LogP contribution in [0.3, 0.4) is 0 Å². The van der Waals surface area contributed by atoms with Gasteiger partial charge in [0.25, 0.3) is 5.56 Å². The van der Waals surface area contributed by atoms with Gasteiger partial charge >= 0.3 is 5.97 Å². The molecule has 3 aromatic rings. The van der Waals surface area contributed by atoms with Crippen LogP contribution in [-0.2, 0) is 16.1 Å². The summed E-state index contributed by atoms with van der Waals surface area (Å²) in [7, 11) is 5.27. The van der Waals surface area contributed by atoms with E-state index in [9.17, 15) is 9.59 Å². The van der Waals surface area contributed by atoms with Gasteiger partial charge in [0, 0.05) is 38.1 Å². The molecule has 1 atom stereocenters. The third-order valence-electron chi connectivity index (χ3n) is 5.75. The molecule has 0 unspecified atom stereocenters. The standard InChI is InChI=1S/C24H27N5O3S/c1-7-28-13-17(14(2)26-28)12-19-22(30)29-21(16-8-10-18(11-9-16)27(4)5)20(23(31)32-6)15(3)25-24(29)33-19/h8-13,21H,7H2,1-6H3/t21-/m0/s1. The number of carbonyl (C=O) groups excluding carboxylic acids is 1. The third kappa shape index (κ3) is 4.04. The van der Waals surface area contributed by atoms with Gasteiger partial charge in [-0.3, -0.25) is 14.0 Å². The maximum atomic E-state index is 13.6. The molecule has 0 bridgehead atoms. The molecule has 4 rings (SSSR count). The first-order chi connectivity index (χ1) is 15.7. The summed E-state index contributed by atoms with van der Waals surface area (Å²) in [5.41, 5.74) is 4.30.